The molecule has 0 unspecified atom stereocenters. The Morgan fingerprint density at radius 2 is 2.11 bits per heavy atom. The summed E-state index contributed by atoms with van der Waals surface area (Å²) in [7, 11) is 0. The lowest BCUT2D eigenvalue weighted by molar-refractivity contribution is 0.917. The van der Waals surface area contributed by atoms with Gasteiger partial charge in [0.15, 0.2) is 0 Å². The minimum absolute atomic E-state index is 0.593. The molecule has 2 aromatic rings. The van der Waals surface area contributed by atoms with E-state index in [1.165, 1.54) is 0 Å². The Bertz CT molecular complexity index is 499. The lowest BCUT2D eigenvalue weighted by Crippen LogP contribution is -2.08. The number of aromatic nitrogens is 4. The van der Waals surface area contributed by atoms with E-state index in [2.05, 4.69) is 30.8 Å². The van der Waals surface area contributed by atoms with E-state index in [1.54, 1.807) is 6.20 Å². The summed E-state index contributed by atoms with van der Waals surface area (Å²) in [6, 6.07) is 5.68. The third-order valence-corrected chi connectivity index (χ3v) is 2.27. The van der Waals surface area contributed by atoms with E-state index in [1.807, 2.05) is 32.0 Å². The van der Waals surface area contributed by atoms with Gasteiger partial charge in [-0.05, 0) is 26.0 Å². The van der Waals surface area contributed by atoms with E-state index < -0.39 is 0 Å². The third-order valence-electron chi connectivity index (χ3n) is 2.27. The van der Waals surface area contributed by atoms with Crippen LogP contribution < -0.4 is 10.6 Å². The molecule has 0 aliphatic rings. The van der Waals surface area contributed by atoms with Gasteiger partial charge >= 0.3 is 0 Å². The second-order valence-corrected chi connectivity index (χ2v) is 3.82. The summed E-state index contributed by atoms with van der Waals surface area (Å²) in [5, 5.41) is 14.1. The zero-order valence-corrected chi connectivity index (χ0v) is 10.5. The fraction of sp³-hybridized carbons (Fsp3) is 0.333. The molecule has 0 saturated heterocycles. The van der Waals surface area contributed by atoms with Gasteiger partial charge in [0.2, 0.25) is 5.95 Å². The maximum Gasteiger partial charge on any atom is 0.224 e. The summed E-state index contributed by atoms with van der Waals surface area (Å²) in [5.74, 6) is 1.42. The van der Waals surface area contributed by atoms with Gasteiger partial charge in [-0.1, -0.05) is 0 Å². The quantitative estimate of drug-likeness (QED) is 0.832. The van der Waals surface area contributed by atoms with E-state index in [0.29, 0.717) is 12.5 Å². The largest absolute Gasteiger partial charge is 0.364 e. The molecule has 0 radical (unpaired) electrons. The average molecular weight is 244 g/mol. The topological polar surface area (TPSA) is 75.6 Å². The molecule has 0 fully saturated rings. The molecule has 6 heteroatoms. The zero-order valence-electron chi connectivity index (χ0n) is 10.5. The third kappa shape index (κ3) is 3.38. The van der Waals surface area contributed by atoms with Crippen molar-refractivity contribution in [1.29, 1.82) is 0 Å². The molecule has 0 bridgehead atoms. The predicted octanol–water partition coefficient (Wildman–Crippen LogP) is 1.62. The van der Waals surface area contributed by atoms with Gasteiger partial charge in [0.25, 0.3) is 0 Å². The molecule has 0 aliphatic heterocycles. The van der Waals surface area contributed by atoms with E-state index in [0.717, 1.165) is 23.8 Å². The van der Waals surface area contributed by atoms with E-state index >= 15 is 0 Å². The standard InChI is InChI=1S/C12H16N6/c1-3-13-12-16-9(2)7-11(17-12)14-8-10-5-4-6-15-18-10/h4-7H,3,8H2,1-2H3,(H2,13,14,16,17). The Morgan fingerprint density at radius 3 is 2.83 bits per heavy atom. The second kappa shape index (κ2) is 5.90. The zero-order chi connectivity index (χ0) is 12.8. The van der Waals surface area contributed by atoms with Crippen molar-refractivity contribution in [3.8, 4) is 0 Å². The molecule has 6 nitrogen and oxygen atoms in total. The first-order chi connectivity index (χ1) is 8.78. The molecule has 18 heavy (non-hydrogen) atoms. The molecule has 2 aromatic heterocycles. The van der Waals surface area contributed by atoms with Crippen LogP contribution in [-0.4, -0.2) is 26.7 Å². The van der Waals surface area contributed by atoms with Crippen LogP contribution in [0.15, 0.2) is 24.4 Å². The molecule has 2 N–H and O–H groups in total. The Morgan fingerprint density at radius 1 is 1.22 bits per heavy atom. The van der Waals surface area contributed by atoms with Crippen molar-refractivity contribution in [2.45, 2.75) is 20.4 Å². The van der Waals surface area contributed by atoms with Crippen molar-refractivity contribution < 1.29 is 0 Å². The van der Waals surface area contributed by atoms with Crippen molar-refractivity contribution in [3.05, 3.63) is 35.8 Å². The van der Waals surface area contributed by atoms with Gasteiger partial charge in [0.05, 0.1) is 12.2 Å². The summed E-state index contributed by atoms with van der Waals surface area (Å²) in [5.41, 5.74) is 1.79. The number of nitrogens with one attached hydrogen (secondary N) is 2. The minimum Gasteiger partial charge on any atom is -0.364 e. The minimum atomic E-state index is 0.593. The van der Waals surface area contributed by atoms with E-state index in [9.17, 15) is 0 Å². The number of hydrogen-bond donors (Lipinski definition) is 2. The Balaban J connectivity index is 2.05. The van der Waals surface area contributed by atoms with Crippen molar-refractivity contribution >= 4 is 11.8 Å². The smallest absolute Gasteiger partial charge is 0.224 e. The van der Waals surface area contributed by atoms with Crippen LogP contribution >= 0.6 is 0 Å². The summed E-state index contributed by atoms with van der Waals surface area (Å²) in [6.45, 7) is 5.34. The number of rotatable bonds is 5. The highest BCUT2D eigenvalue weighted by atomic mass is 15.1. The highest BCUT2D eigenvalue weighted by Gasteiger charge is 2.01. The van der Waals surface area contributed by atoms with Crippen LogP contribution in [0.3, 0.4) is 0 Å². The molecule has 2 heterocycles. The first kappa shape index (κ1) is 12.2. The van der Waals surface area contributed by atoms with Crippen LogP contribution in [0.1, 0.15) is 18.3 Å². The lowest BCUT2D eigenvalue weighted by Gasteiger charge is -2.08. The SMILES string of the molecule is CCNc1nc(C)cc(NCc2cccnn2)n1. The van der Waals surface area contributed by atoms with Gasteiger partial charge in [0, 0.05) is 24.5 Å². The second-order valence-electron chi connectivity index (χ2n) is 3.82. The fourth-order valence-electron chi connectivity index (χ4n) is 1.51. The van der Waals surface area contributed by atoms with Gasteiger partial charge in [-0.3, -0.25) is 0 Å². The molecule has 0 amide bonds. The van der Waals surface area contributed by atoms with Crippen LogP contribution in [-0.2, 0) is 6.54 Å². The summed E-state index contributed by atoms with van der Waals surface area (Å²) in [4.78, 5) is 8.65. The Labute approximate surface area is 106 Å². The fourth-order valence-corrected chi connectivity index (χ4v) is 1.51. The lowest BCUT2D eigenvalue weighted by atomic mass is 10.3. The molecular formula is C12H16N6. The first-order valence-electron chi connectivity index (χ1n) is 5.88. The van der Waals surface area contributed by atoms with Crippen molar-refractivity contribution in [2.75, 3.05) is 17.2 Å². The number of nitrogens with zero attached hydrogens (tertiary/aromatic N) is 4. The van der Waals surface area contributed by atoms with Crippen LogP contribution in [0.2, 0.25) is 0 Å². The molecule has 94 valence electrons. The highest BCUT2D eigenvalue weighted by Crippen LogP contribution is 2.10. The maximum absolute atomic E-state index is 4.36. The van der Waals surface area contributed by atoms with E-state index in [-0.39, 0.29) is 0 Å². The maximum atomic E-state index is 4.36. The molecule has 0 spiro atoms. The molecule has 0 aliphatic carbocycles. The number of aryl methyl sites for hydroxylation is 1. The van der Waals surface area contributed by atoms with Crippen molar-refractivity contribution in [2.24, 2.45) is 0 Å². The van der Waals surface area contributed by atoms with E-state index in [4.69, 9.17) is 0 Å². The monoisotopic (exact) mass is 244 g/mol. The first-order valence-corrected chi connectivity index (χ1v) is 5.88. The van der Waals surface area contributed by atoms with Crippen LogP contribution in [0, 0.1) is 6.92 Å². The Kier molecular flexibility index (Phi) is 4.01. The average Bonchev–Trinajstić information content (AvgIpc) is 2.37. The molecular weight excluding hydrogens is 228 g/mol. The van der Waals surface area contributed by atoms with Crippen LogP contribution in [0.4, 0.5) is 11.8 Å². The normalized spacial score (nSPS) is 10.1. The Hall–Kier alpha value is -2.24. The molecule has 2 rings (SSSR count). The summed E-state index contributed by atoms with van der Waals surface area (Å²) < 4.78 is 0. The molecule has 0 aromatic carbocycles. The molecule has 0 atom stereocenters. The molecule has 0 saturated carbocycles. The highest BCUT2D eigenvalue weighted by molar-refractivity contribution is 5.42. The number of anilines is 2. The van der Waals surface area contributed by atoms with Gasteiger partial charge in [-0.25, -0.2) is 4.98 Å². The van der Waals surface area contributed by atoms with Gasteiger partial charge < -0.3 is 10.6 Å². The van der Waals surface area contributed by atoms with Gasteiger partial charge in [0.1, 0.15) is 5.82 Å². The number of hydrogen-bond acceptors (Lipinski definition) is 6. The summed E-state index contributed by atoms with van der Waals surface area (Å²) in [6.07, 6.45) is 1.65. The van der Waals surface area contributed by atoms with Gasteiger partial charge in [-0.2, -0.15) is 15.2 Å². The van der Waals surface area contributed by atoms with Gasteiger partial charge in [-0.15, -0.1) is 0 Å². The van der Waals surface area contributed by atoms with Crippen molar-refractivity contribution in [3.63, 3.8) is 0 Å². The summed E-state index contributed by atoms with van der Waals surface area (Å²) >= 11 is 0. The van der Waals surface area contributed by atoms with Crippen LogP contribution in [0.25, 0.3) is 0 Å². The van der Waals surface area contributed by atoms with Crippen molar-refractivity contribution in [1.82, 2.24) is 20.2 Å². The van der Waals surface area contributed by atoms with Crippen LogP contribution in [0.5, 0.6) is 0 Å². The predicted molar refractivity (Wildman–Crippen MR) is 70.3 cm³/mol.